The molecule has 23 heavy (non-hydrogen) atoms. The van der Waals surface area contributed by atoms with Gasteiger partial charge >= 0.3 is 0 Å². The number of phenolic OH excluding ortho intramolecular Hbond substituents is 1. The topological polar surface area (TPSA) is 78.6 Å². The molecule has 1 amide bonds. The van der Waals surface area contributed by atoms with E-state index in [4.69, 9.17) is 5.73 Å². The van der Waals surface area contributed by atoms with Gasteiger partial charge in [-0.05, 0) is 24.3 Å². The highest BCUT2D eigenvalue weighted by atomic mass is 32.2. The Hall–Kier alpha value is -2.18. The second kappa shape index (κ2) is 6.93. The number of aromatic hydroxyl groups is 1. The fourth-order valence-corrected chi connectivity index (χ4v) is 3.52. The van der Waals surface area contributed by atoms with Crippen LogP contribution in [-0.4, -0.2) is 42.1 Å². The third-order valence-electron chi connectivity index (χ3n) is 3.76. The SMILES string of the molecule is Nc1cccc(O)c1Sc1ccccc1C(=O)N1CCNCC1. The number of nitrogens with zero attached hydrogens (tertiary/aromatic N) is 1. The van der Waals surface area contributed by atoms with Crippen LogP contribution in [0.25, 0.3) is 0 Å². The zero-order chi connectivity index (χ0) is 16.2. The summed E-state index contributed by atoms with van der Waals surface area (Å²) in [6.45, 7) is 3.04. The number of hydrogen-bond donors (Lipinski definition) is 3. The molecule has 0 bridgehead atoms. The van der Waals surface area contributed by atoms with E-state index in [9.17, 15) is 9.90 Å². The van der Waals surface area contributed by atoms with Gasteiger partial charge in [0.2, 0.25) is 0 Å². The summed E-state index contributed by atoms with van der Waals surface area (Å²) < 4.78 is 0. The molecule has 1 aliphatic rings. The van der Waals surface area contributed by atoms with Crippen LogP contribution in [0.3, 0.4) is 0 Å². The monoisotopic (exact) mass is 329 g/mol. The van der Waals surface area contributed by atoms with Gasteiger partial charge in [-0.25, -0.2) is 0 Å². The molecule has 1 heterocycles. The lowest BCUT2D eigenvalue weighted by Crippen LogP contribution is -2.46. The number of nitrogen functional groups attached to an aromatic ring is 1. The van der Waals surface area contributed by atoms with Gasteiger partial charge in [-0.2, -0.15) is 0 Å². The predicted octanol–water partition coefficient (Wildman–Crippen LogP) is 2.17. The molecule has 3 rings (SSSR count). The summed E-state index contributed by atoms with van der Waals surface area (Å²) in [6.07, 6.45) is 0. The number of piperazine rings is 1. The minimum Gasteiger partial charge on any atom is -0.507 e. The van der Waals surface area contributed by atoms with Crippen LogP contribution in [0, 0.1) is 0 Å². The second-order valence-corrected chi connectivity index (χ2v) is 6.39. The summed E-state index contributed by atoms with van der Waals surface area (Å²) >= 11 is 1.32. The van der Waals surface area contributed by atoms with Crippen LogP contribution in [0.1, 0.15) is 10.4 Å². The first-order chi connectivity index (χ1) is 11.2. The number of hydrogen-bond acceptors (Lipinski definition) is 5. The highest BCUT2D eigenvalue weighted by molar-refractivity contribution is 7.99. The molecule has 1 fully saturated rings. The number of benzene rings is 2. The lowest BCUT2D eigenvalue weighted by atomic mass is 10.2. The summed E-state index contributed by atoms with van der Waals surface area (Å²) in [5.41, 5.74) is 7.09. The summed E-state index contributed by atoms with van der Waals surface area (Å²) in [5.74, 6) is 0.142. The Morgan fingerprint density at radius 1 is 1.13 bits per heavy atom. The van der Waals surface area contributed by atoms with Crippen LogP contribution in [-0.2, 0) is 0 Å². The van der Waals surface area contributed by atoms with E-state index in [1.807, 2.05) is 29.2 Å². The Bertz CT molecular complexity index is 694. The van der Waals surface area contributed by atoms with Crippen LogP contribution in [0.15, 0.2) is 52.3 Å². The van der Waals surface area contributed by atoms with E-state index in [1.54, 1.807) is 18.2 Å². The normalized spacial score (nSPS) is 14.7. The van der Waals surface area contributed by atoms with Gasteiger partial charge < -0.3 is 21.1 Å². The van der Waals surface area contributed by atoms with Crippen molar-refractivity contribution in [2.75, 3.05) is 31.9 Å². The number of carbonyl (C=O) groups excluding carboxylic acids is 1. The van der Waals surface area contributed by atoms with Crippen molar-refractivity contribution in [2.45, 2.75) is 9.79 Å². The van der Waals surface area contributed by atoms with E-state index in [2.05, 4.69) is 5.32 Å². The summed E-state index contributed by atoms with van der Waals surface area (Å²) in [6, 6.07) is 12.5. The summed E-state index contributed by atoms with van der Waals surface area (Å²) in [7, 11) is 0. The zero-order valence-electron chi connectivity index (χ0n) is 12.7. The molecule has 6 heteroatoms. The third-order valence-corrected chi connectivity index (χ3v) is 4.98. The van der Waals surface area contributed by atoms with Crippen molar-refractivity contribution in [1.29, 1.82) is 0 Å². The first-order valence-corrected chi connectivity index (χ1v) is 8.33. The lowest BCUT2D eigenvalue weighted by molar-refractivity contribution is 0.0732. The highest BCUT2D eigenvalue weighted by Gasteiger charge is 2.21. The fourth-order valence-electron chi connectivity index (χ4n) is 2.53. The first kappa shape index (κ1) is 15.7. The van der Waals surface area contributed by atoms with Gasteiger partial charge in [-0.3, -0.25) is 4.79 Å². The van der Waals surface area contributed by atoms with Crippen molar-refractivity contribution < 1.29 is 9.90 Å². The van der Waals surface area contributed by atoms with Crippen LogP contribution < -0.4 is 11.1 Å². The number of nitrogens with two attached hydrogens (primary N) is 1. The lowest BCUT2D eigenvalue weighted by Gasteiger charge is -2.28. The van der Waals surface area contributed by atoms with E-state index in [-0.39, 0.29) is 11.7 Å². The Morgan fingerprint density at radius 2 is 1.87 bits per heavy atom. The molecule has 1 saturated heterocycles. The van der Waals surface area contributed by atoms with Crippen molar-refractivity contribution in [3.8, 4) is 5.75 Å². The Balaban J connectivity index is 1.90. The van der Waals surface area contributed by atoms with Crippen molar-refractivity contribution in [1.82, 2.24) is 10.2 Å². The van der Waals surface area contributed by atoms with Crippen molar-refractivity contribution in [3.63, 3.8) is 0 Å². The molecule has 4 N–H and O–H groups in total. The second-order valence-electron chi connectivity index (χ2n) is 5.34. The summed E-state index contributed by atoms with van der Waals surface area (Å²) in [5, 5.41) is 13.3. The number of nitrogens with one attached hydrogen (secondary N) is 1. The molecule has 5 nitrogen and oxygen atoms in total. The number of amides is 1. The molecule has 0 atom stereocenters. The van der Waals surface area contributed by atoms with E-state index < -0.39 is 0 Å². The molecule has 0 radical (unpaired) electrons. The molecular weight excluding hydrogens is 310 g/mol. The first-order valence-electron chi connectivity index (χ1n) is 7.51. The maximum absolute atomic E-state index is 12.8. The highest BCUT2D eigenvalue weighted by Crippen LogP contribution is 2.40. The van der Waals surface area contributed by atoms with E-state index >= 15 is 0 Å². The molecule has 0 spiro atoms. The van der Waals surface area contributed by atoms with Crippen LogP contribution in [0.2, 0.25) is 0 Å². The zero-order valence-corrected chi connectivity index (χ0v) is 13.5. The van der Waals surface area contributed by atoms with Gasteiger partial charge in [-0.1, -0.05) is 30.0 Å². The maximum Gasteiger partial charge on any atom is 0.255 e. The quantitative estimate of drug-likeness (QED) is 0.752. The molecule has 120 valence electrons. The molecule has 2 aromatic rings. The van der Waals surface area contributed by atoms with Gasteiger partial charge in [0.05, 0.1) is 10.5 Å². The minimum absolute atomic E-state index is 0.0172. The van der Waals surface area contributed by atoms with Crippen LogP contribution in [0.5, 0.6) is 5.75 Å². The standard InChI is InChI=1S/C17H19N3O2S/c18-13-5-3-6-14(21)16(13)23-15-7-2-1-4-12(15)17(22)20-10-8-19-9-11-20/h1-7,19,21H,8-11,18H2. The third kappa shape index (κ3) is 3.43. The van der Waals surface area contributed by atoms with Gasteiger partial charge in [-0.15, -0.1) is 0 Å². The molecule has 0 aromatic heterocycles. The number of anilines is 1. The Morgan fingerprint density at radius 3 is 2.61 bits per heavy atom. The van der Waals surface area contributed by atoms with E-state index in [0.717, 1.165) is 18.0 Å². The molecular formula is C17H19N3O2S. The predicted molar refractivity (Wildman–Crippen MR) is 91.9 cm³/mol. The average Bonchev–Trinajstić information content (AvgIpc) is 2.59. The Labute approximate surface area is 139 Å². The van der Waals surface area contributed by atoms with Crippen molar-refractivity contribution in [2.24, 2.45) is 0 Å². The van der Waals surface area contributed by atoms with E-state index in [1.165, 1.54) is 11.8 Å². The van der Waals surface area contributed by atoms with Crippen molar-refractivity contribution >= 4 is 23.4 Å². The smallest absolute Gasteiger partial charge is 0.255 e. The van der Waals surface area contributed by atoms with E-state index in [0.29, 0.717) is 29.2 Å². The van der Waals surface area contributed by atoms with Crippen molar-refractivity contribution in [3.05, 3.63) is 48.0 Å². The minimum atomic E-state index is 0.0172. The summed E-state index contributed by atoms with van der Waals surface area (Å²) in [4.78, 5) is 16.0. The number of carbonyl (C=O) groups is 1. The van der Waals surface area contributed by atoms with Gasteiger partial charge in [0, 0.05) is 36.8 Å². The van der Waals surface area contributed by atoms with Crippen LogP contribution in [0.4, 0.5) is 5.69 Å². The largest absolute Gasteiger partial charge is 0.507 e. The van der Waals surface area contributed by atoms with Gasteiger partial charge in [0.25, 0.3) is 5.91 Å². The molecule has 0 aliphatic carbocycles. The molecule has 1 aliphatic heterocycles. The van der Waals surface area contributed by atoms with Gasteiger partial charge in [0.1, 0.15) is 5.75 Å². The number of rotatable bonds is 3. The number of phenols is 1. The van der Waals surface area contributed by atoms with Crippen LogP contribution >= 0.6 is 11.8 Å². The fraction of sp³-hybridized carbons (Fsp3) is 0.235. The Kier molecular flexibility index (Phi) is 4.73. The maximum atomic E-state index is 12.8. The molecule has 2 aromatic carbocycles. The molecule has 0 unspecified atom stereocenters. The average molecular weight is 329 g/mol. The molecule has 0 saturated carbocycles. The van der Waals surface area contributed by atoms with Gasteiger partial charge in [0.15, 0.2) is 0 Å².